The molecule has 11 heteroatoms. The molecule has 0 spiro atoms. The van der Waals surface area contributed by atoms with Crippen LogP contribution in [0, 0.1) is 0 Å². The second kappa shape index (κ2) is 10.3. The normalized spacial score (nSPS) is 15.9. The van der Waals surface area contributed by atoms with Crippen molar-refractivity contribution in [1.82, 2.24) is 24.8 Å². The standard InChI is InChI=1S/C22H27N5O5S/c1-17(7-8-18-5-3-2-4-6-18)23-22(28)16-32-27-21-15-19(9-10-20(21)24-25-27)33(29,30)26-11-13-31-14-12-26/h2-6,9-10,15,17H,7-8,11-14,16H2,1H3,(H,23,28). The summed E-state index contributed by atoms with van der Waals surface area (Å²) in [5.41, 5.74) is 2.05. The fraction of sp³-hybridized carbons (Fsp3) is 0.409. The molecule has 0 aliphatic carbocycles. The molecule has 1 saturated heterocycles. The molecule has 1 aromatic heterocycles. The first-order valence-corrected chi connectivity index (χ1v) is 12.3. The van der Waals surface area contributed by atoms with Gasteiger partial charge in [0.25, 0.3) is 5.91 Å². The number of morpholine rings is 1. The number of hydrogen-bond donors (Lipinski definition) is 1. The lowest BCUT2D eigenvalue weighted by molar-refractivity contribution is -0.126. The Morgan fingerprint density at radius 2 is 1.94 bits per heavy atom. The Kier molecular flexibility index (Phi) is 7.21. The van der Waals surface area contributed by atoms with Crippen LogP contribution in [0.25, 0.3) is 11.0 Å². The van der Waals surface area contributed by atoms with Crippen LogP contribution >= 0.6 is 0 Å². The van der Waals surface area contributed by atoms with Crippen LogP contribution in [0.2, 0.25) is 0 Å². The number of nitrogens with one attached hydrogen (secondary N) is 1. The minimum Gasteiger partial charge on any atom is -0.385 e. The Morgan fingerprint density at radius 3 is 2.70 bits per heavy atom. The van der Waals surface area contributed by atoms with Crippen molar-refractivity contribution in [2.45, 2.75) is 30.7 Å². The second-order valence-corrected chi connectivity index (χ2v) is 9.83. The highest BCUT2D eigenvalue weighted by Gasteiger charge is 2.27. The van der Waals surface area contributed by atoms with E-state index >= 15 is 0 Å². The van der Waals surface area contributed by atoms with Crippen molar-refractivity contribution in [1.29, 1.82) is 0 Å². The predicted octanol–water partition coefficient (Wildman–Crippen LogP) is 1.02. The molecule has 1 aliphatic heterocycles. The molecular weight excluding hydrogens is 446 g/mol. The van der Waals surface area contributed by atoms with Gasteiger partial charge in [-0.2, -0.15) is 4.31 Å². The van der Waals surface area contributed by atoms with Crippen molar-refractivity contribution in [3.05, 3.63) is 54.1 Å². The number of rotatable bonds is 9. The van der Waals surface area contributed by atoms with E-state index in [1.165, 1.54) is 22.0 Å². The molecule has 1 amide bonds. The molecule has 1 aliphatic rings. The molecule has 1 N–H and O–H groups in total. The van der Waals surface area contributed by atoms with Crippen LogP contribution in [0.15, 0.2) is 53.4 Å². The fourth-order valence-corrected chi connectivity index (χ4v) is 5.03. The highest BCUT2D eigenvalue weighted by molar-refractivity contribution is 7.89. The van der Waals surface area contributed by atoms with Gasteiger partial charge in [0, 0.05) is 19.1 Å². The van der Waals surface area contributed by atoms with E-state index in [1.807, 2.05) is 25.1 Å². The third-order valence-electron chi connectivity index (χ3n) is 5.43. The van der Waals surface area contributed by atoms with Crippen molar-refractivity contribution >= 4 is 27.0 Å². The molecule has 3 aromatic rings. The summed E-state index contributed by atoms with van der Waals surface area (Å²) >= 11 is 0. The Morgan fingerprint density at radius 1 is 1.18 bits per heavy atom. The van der Waals surface area contributed by atoms with E-state index < -0.39 is 10.0 Å². The number of carbonyl (C=O) groups is 1. The molecule has 0 radical (unpaired) electrons. The summed E-state index contributed by atoms with van der Waals surface area (Å²) in [5, 5.41) is 10.8. The number of aromatic nitrogens is 3. The maximum absolute atomic E-state index is 12.9. The summed E-state index contributed by atoms with van der Waals surface area (Å²) in [5.74, 6) is -0.295. The number of nitrogens with zero attached hydrogens (tertiary/aromatic N) is 4. The molecule has 10 nitrogen and oxygen atoms in total. The summed E-state index contributed by atoms with van der Waals surface area (Å²) in [4.78, 5) is 19.0. The average Bonchev–Trinajstić information content (AvgIpc) is 3.25. The first kappa shape index (κ1) is 23.1. The monoisotopic (exact) mass is 473 g/mol. The molecule has 1 atom stereocenters. The van der Waals surface area contributed by atoms with Gasteiger partial charge in [0.15, 0.2) is 6.61 Å². The first-order chi connectivity index (χ1) is 15.9. The van der Waals surface area contributed by atoms with E-state index in [4.69, 9.17) is 9.57 Å². The summed E-state index contributed by atoms with van der Waals surface area (Å²) < 4.78 is 32.5. The predicted molar refractivity (Wildman–Crippen MR) is 121 cm³/mol. The third kappa shape index (κ3) is 5.67. The smallest absolute Gasteiger partial charge is 0.260 e. The van der Waals surface area contributed by atoms with E-state index in [1.54, 1.807) is 6.07 Å². The van der Waals surface area contributed by atoms with E-state index in [2.05, 4.69) is 27.8 Å². The lowest BCUT2D eigenvalue weighted by atomic mass is 10.1. The zero-order valence-electron chi connectivity index (χ0n) is 18.4. The Balaban J connectivity index is 1.36. The van der Waals surface area contributed by atoms with Gasteiger partial charge < -0.3 is 14.9 Å². The Bertz CT molecular complexity index is 1190. The number of fused-ring (bicyclic) bond motifs is 1. The molecular formula is C22H27N5O5S. The minimum absolute atomic E-state index is 0.0286. The lowest BCUT2D eigenvalue weighted by Crippen LogP contribution is -2.40. The number of amides is 1. The van der Waals surface area contributed by atoms with Gasteiger partial charge in [-0.15, -0.1) is 5.10 Å². The van der Waals surface area contributed by atoms with Gasteiger partial charge in [0.1, 0.15) is 11.0 Å². The number of ether oxygens (including phenoxy) is 1. The van der Waals surface area contributed by atoms with Crippen LogP contribution in [0.4, 0.5) is 0 Å². The van der Waals surface area contributed by atoms with E-state index in [0.717, 1.165) is 17.7 Å². The fourth-order valence-electron chi connectivity index (χ4n) is 3.61. The van der Waals surface area contributed by atoms with Gasteiger partial charge in [-0.1, -0.05) is 35.2 Å². The number of carbonyl (C=O) groups excluding carboxylic acids is 1. The van der Waals surface area contributed by atoms with Crippen LogP contribution in [0.3, 0.4) is 0 Å². The SMILES string of the molecule is CC(CCc1ccccc1)NC(=O)COn1nnc2ccc(S(=O)(=O)N3CCOCC3)cc21. The molecule has 0 saturated carbocycles. The molecule has 4 rings (SSSR count). The van der Waals surface area contributed by atoms with E-state index in [9.17, 15) is 13.2 Å². The van der Waals surface area contributed by atoms with Crippen LogP contribution in [-0.4, -0.2) is 72.7 Å². The van der Waals surface area contributed by atoms with Crippen LogP contribution in [0.5, 0.6) is 0 Å². The van der Waals surface area contributed by atoms with Gasteiger partial charge in [-0.25, -0.2) is 8.42 Å². The number of benzene rings is 2. The molecule has 176 valence electrons. The highest BCUT2D eigenvalue weighted by Crippen LogP contribution is 2.21. The summed E-state index contributed by atoms with van der Waals surface area (Å²) in [6.45, 7) is 3.00. The van der Waals surface area contributed by atoms with Gasteiger partial charge in [0.05, 0.1) is 18.1 Å². The maximum atomic E-state index is 12.9. The van der Waals surface area contributed by atoms with Crippen molar-refractivity contribution in [2.75, 3.05) is 32.9 Å². The Hall–Kier alpha value is -3.02. The van der Waals surface area contributed by atoms with Crippen molar-refractivity contribution in [2.24, 2.45) is 0 Å². The van der Waals surface area contributed by atoms with E-state index in [0.29, 0.717) is 37.3 Å². The van der Waals surface area contributed by atoms with Gasteiger partial charge in [0.2, 0.25) is 10.0 Å². The highest BCUT2D eigenvalue weighted by atomic mass is 32.2. The van der Waals surface area contributed by atoms with E-state index in [-0.39, 0.29) is 23.5 Å². The first-order valence-electron chi connectivity index (χ1n) is 10.8. The molecule has 1 fully saturated rings. The summed E-state index contributed by atoms with van der Waals surface area (Å²) in [6, 6.07) is 14.6. The zero-order valence-corrected chi connectivity index (χ0v) is 19.2. The molecule has 33 heavy (non-hydrogen) atoms. The molecule has 2 aromatic carbocycles. The zero-order chi connectivity index (χ0) is 23.3. The summed E-state index contributed by atoms with van der Waals surface area (Å²) in [6.07, 6.45) is 1.65. The van der Waals surface area contributed by atoms with Crippen LogP contribution < -0.4 is 10.2 Å². The molecule has 0 bridgehead atoms. The number of aryl methyl sites for hydroxylation is 1. The van der Waals surface area contributed by atoms with Gasteiger partial charge in [-0.3, -0.25) is 4.79 Å². The van der Waals surface area contributed by atoms with Crippen molar-refractivity contribution in [3.63, 3.8) is 0 Å². The average molecular weight is 474 g/mol. The largest absolute Gasteiger partial charge is 0.385 e. The minimum atomic E-state index is -3.67. The molecule has 2 heterocycles. The quantitative estimate of drug-likeness (QED) is 0.493. The topological polar surface area (TPSA) is 116 Å². The van der Waals surface area contributed by atoms with Crippen molar-refractivity contribution < 1.29 is 22.8 Å². The Labute approximate surface area is 192 Å². The van der Waals surface area contributed by atoms with Crippen LogP contribution in [-0.2, 0) is 26.0 Å². The second-order valence-electron chi connectivity index (χ2n) is 7.90. The summed E-state index contributed by atoms with van der Waals surface area (Å²) in [7, 11) is -3.67. The number of hydrogen-bond acceptors (Lipinski definition) is 7. The third-order valence-corrected chi connectivity index (χ3v) is 7.32. The van der Waals surface area contributed by atoms with Gasteiger partial charge >= 0.3 is 0 Å². The maximum Gasteiger partial charge on any atom is 0.260 e. The number of sulfonamides is 1. The van der Waals surface area contributed by atoms with Crippen LogP contribution in [0.1, 0.15) is 18.9 Å². The van der Waals surface area contributed by atoms with Crippen molar-refractivity contribution in [3.8, 4) is 0 Å². The lowest BCUT2D eigenvalue weighted by Gasteiger charge is -2.26. The van der Waals surface area contributed by atoms with Gasteiger partial charge in [-0.05, 0) is 48.7 Å². The molecule has 1 unspecified atom stereocenters.